The van der Waals surface area contributed by atoms with Crippen LogP contribution in [0.15, 0.2) is 11.8 Å². The number of thiazole rings is 1. The zero-order valence-corrected chi connectivity index (χ0v) is 8.17. The van der Waals surface area contributed by atoms with Gasteiger partial charge in [0.15, 0.2) is 0 Å². The Morgan fingerprint density at radius 1 is 1.82 bits per heavy atom. The first kappa shape index (κ1) is 8.75. The molecule has 1 rings (SSSR count). The van der Waals surface area contributed by atoms with Gasteiger partial charge in [-0.25, -0.2) is 4.98 Å². The average molecular weight is 188 g/mol. The monoisotopic (exact) mass is 187 g/mol. The third-order valence-corrected chi connectivity index (χ3v) is 2.52. The van der Waals surface area contributed by atoms with Crippen molar-refractivity contribution in [2.24, 2.45) is 0 Å². The highest BCUT2D eigenvalue weighted by Gasteiger charge is 1.93. The summed E-state index contributed by atoms with van der Waals surface area (Å²) in [6, 6.07) is 0. The molecule has 0 atom stereocenters. The number of hydrogen-bond acceptors (Lipinski definition) is 2. The Labute approximate surface area is 75.7 Å². The smallest absolute Gasteiger partial charge is 0.0900 e. The van der Waals surface area contributed by atoms with E-state index >= 15 is 0 Å². The van der Waals surface area contributed by atoms with Gasteiger partial charge < -0.3 is 0 Å². The summed E-state index contributed by atoms with van der Waals surface area (Å²) in [5.74, 6) is 0.594. The molecule has 11 heavy (non-hydrogen) atoms. The standard InChI is InChI=1S/C8H10ClNS/c1-6(4-9)3-8-5-10-7(2)11-8/h3,5H,4H2,1-2H3. The van der Waals surface area contributed by atoms with E-state index in [2.05, 4.69) is 11.1 Å². The first-order valence-corrected chi connectivity index (χ1v) is 4.73. The minimum Gasteiger partial charge on any atom is -0.249 e. The summed E-state index contributed by atoms with van der Waals surface area (Å²) in [4.78, 5) is 5.32. The second kappa shape index (κ2) is 3.88. The summed E-state index contributed by atoms with van der Waals surface area (Å²) in [5.41, 5.74) is 1.18. The second-order valence-electron chi connectivity index (χ2n) is 2.41. The number of allylic oxidation sites excluding steroid dienone is 1. The summed E-state index contributed by atoms with van der Waals surface area (Å²) in [5, 5.41) is 1.10. The van der Waals surface area contributed by atoms with E-state index in [-0.39, 0.29) is 0 Å². The topological polar surface area (TPSA) is 12.9 Å². The molecule has 0 N–H and O–H groups in total. The first-order valence-electron chi connectivity index (χ1n) is 3.38. The number of rotatable bonds is 2. The van der Waals surface area contributed by atoms with Crippen LogP contribution in [0.25, 0.3) is 6.08 Å². The molecule has 0 aliphatic rings. The highest BCUT2D eigenvalue weighted by molar-refractivity contribution is 7.12. The molecule has 0 saturated heterocycles. The molecular weight excluding hydrogens is 178 g/mol. The number of nitrogens with zero attached hydrogens (tertiary/aromatic N) is 1. The Morgan fingerprint density at radius 3 is 3.00 bits per heavy atom. The maximum atomic E-state index is 5.62. The van der Waals surface area contributed by atoms with Crippen molar-refractivity contribution in [2.75, 3.05) is 5.88 Å². The molecule has 0 aliphatic heterocycles. The largest absolute Gasteiger partial charge is 0.249 e. The van der Waals surface area contributed by atoms with Crippen molar-refractivity contribution in [1.82, 2.24) is 4.98 Å². The average Bonchev–Trinajstić information content (AvgIpc) is 2.35. The third-order valence-electron chi connectivity index (χ3n) is 1.24. The second-order valence-corrected chi connectivity index (χ2v) is 3.94. The SMILES string of the molecule is CC(=Cc1cnc(C)s1)CCl. The van der Waals surface area contributed by atoms with Crippen LogP contribution in [0.2, 0.25) is 0 Å². The molecule has 60 valence electrons. The molecule has 1 aromatic heterocycles. The van der Waals surface area contributed by atoms with Gasteiger partial charge in [-0.3, -0.25) is 0 Å². The predicted octanol–water partition coefficient (Wildman–Crippen LogP) is 3.09. The fourth-order valence-corrected chi connectivity index (χ4v) is 1.62. The van der Waals surface area contributed by atoms with Crippen molar-refractivity contribution >= 4 is 29.0 Å². The van der Waals surface area contributed by atoms with Gasteiger partial charge in [-0.2, -0.15) is 0 Å². The van der Waals surface area contributed by atoms with Crippen LogP contribution in [-0.4, -0.2) is 10.9 Å². The maximum Gasteiger partial charge on any atom is 0.0900 e. The molecule has 1 aromatic rings. The van der Waals surface area contributed by atoms with Gasteiger partial charge in [-0.15, -0.1) is 22.9 Å². The van der Waals surface area contributed by atoms with Gasteiger partial charge in [0.05, 0.1) is 5.01 Å². The Morgan fingerprint density at radius 2 is 2.55 bits per heavy atom. The van der Waals surface area contributed by atoms with E-state index in [0.717, 1.165) is 5.01 Å². The molecule has 1 heterocycles. The van der Waals surface area contributed by atoms with Gasteiger partial charge in [-0.05, 0) is 19.9 Å². The van der Waals surface area contributed by atoms with E-state index < -0.39 is 0 Å². The van der Waals surface area contributed by atoms with E-state index in [1.54, 1.807) is 11.3 Å². The minimum absolute atomic E-state index is 0.594. The Hall–Kier alpha value is -0.340. The zero-order chi connectivity index (χ0) is 8.27. The zero-order valence-electron chi connectivity index (χ0n) is 6.60. The van der Waals surface area contributed by atoms with Crippen molar-refractivity contribution < 1.29 is 0 Å². The summed E-state index contributed by atoms with van der Waals surface area (Å²) >= 11 is 7.31. The van der Waals surface area contributed by atoms with Crippen LogP contribution < -0.4 is 0 Å². The summed E-state index contributed by atoms with van der Waals surface area (Å²) in [7, 11) is 0. The molecule has 0 fully saturated rings. The molecular formula is C8H10ClNS. The lowest BCUT2D eigenvalue weighted by Crippen LogP contribution is -1.73. The molecule has 0 aromatic carbocycles. The predicted molar refractivity (Wildman–Crippen MR) is 51.2 cm³/mol. The molecule has 0 radical (unpaired) electrons. The maximum absolute atomic E-state index is 5.62. The quantitative estimate of drug-likeness (QED) is 0.649. The fourth-order valence-electron chi connectivity index (χ4n) is 0.726. The molecule has 0 unspecified atom stereocenters. The number of halogens is 1. The van der Waals surface area contributed by atoms with Crippen LogP contribution >= 0.6 is 22.9 Å². The minimum atomic E-state index is 0.594. The normalized spacial score (nSPS) is 12.1. The highest BCUT2D eigenvalue weighted by Crippen LogP contribution is 2.15. The number of hydrogen-bond donors (Lipinski definition) is 0. The van der Waals surface area contributed by atoms with Crippen molar-refractivity contribution in [3.63, 3.8) is 0 Å². The van der Waals surface area contributed by atoms with Gasteiger partial charge >= 0.3 is 0 Å². The lowest BCUT2D eigenvalue weighted by atomic mass is 10.3. The van der Waals surface area contributed by atoms with Crippen LogP contribution in [-0.2, 0) is 0 Å². The van der Waals surface area contributed by atoms with Crippen LogP contribution in [0.1, 0.15) is 16.8 Å². The van der Waals surface area contributed by atoms with E-state index in [1.807, 2.05) is 20.0 Å². The van der Waals surface area contributed by atoms with Crippen LogP contribution in [0, 0.1) is 6.92 Å². The third kappa shape index (κ3) is 2.64. The fraction of sp³-hybridized carbons (Fsp3) is 0.375. The lowest BCUT2D eigenvalue weighted by molar-refractivity contribution is 1.29. The van der Waals surface area contributed by atoms with Crippen molar-refractivity contribution in [3.05, 3.63) is 21.7 Å². The van der Waals surface area contributed by atoms with Gasteiger partial charge in [0, 0.05) is 17.0 Å². The van der Waals surface area contributed by atoms with Crippen LogP contribution in [0.5, 0.6) is 0 Å². The molecule has 0 amide bonds. The van der Waals surface area contributed by atoms with E-state index in [1.165, 1.54) is 10.5 Å². The van der Waals surface area contributed by atoms with E-state index in [9.17, 15) is 0 Å². The van der Waals surface area contributed by atoms with Gasteiger partial charge in [0.25, 0.3) is 0 Å². The molecule has 0 bridgehead atoms. The molecule has 1 nitrogen and oxygen atoms in total. The molecule has 0 spiro atoms. The van der Waals surface area contributed by atoms with Crippen LogP contribution in [0.4, 0.5) is 0 Å². The summed E-state index contributed by atoms with van der Waals surface area (Å²) < 4.78 is 0. The summed E-state index contributed by atoms with van der Waals surface area (Å²) in [6.45, 7) is 4.01. The van der Waals surface area contributed by atoms with E-state index in [0.29, 0.717) is 5.88 Å². The number of alkyl halides is 1. The highest BCUT2D eigenvalue weighted by atomic mass is 35.5. The van der Waals surface area contributed by atoms with Gasteiger partial charge in [0.1, 0.15) is 0 Å². The Kier molecular flexibility index (Phi) is 3.09. The van der Waals surface area contributed by atoms with Gasteiger partial charge in [-0.1, -0.05) is 5.57 Å². The van der Waals surface area contributed by atoms with Crippen molar-refractivity contribution in [3.8, 4) is 0 Å². The van der Waals surface area contributed by atoms with Crippen LogP contribution in [0.3, 0.4) is 0 Å². The lowest BCUT2D eigenvalue weighted by Gasteiger charge is -1.88. The van der Waals surface area contributed by atoms with E-state index in [4.69, 9.17) is 11.6 Å². The van der Waals surface area contributed by atoms with Gasteiger partial charge in [0.2, 0.25) is 0 Å². The number of aromatic nitrogens is 1. The number of aryl methyl sites for hydroxylation is 1. The van der Waals surface area contributed by atoms with Crippen molar-refractivity contribution in [1.29, 1.82) is 0 Å². The molecule has 0 saturated carbocycles. The molecule has 3 heteroatoms. The Balaban J connectivity index is 2.78. The molecule has 0 aliphatic carbocycles. The van der Waals surface area contributed by atoms with Crippen molar-refractivity contribution in [2.45, 2.75) is 13.8 Å². The first-order chi connectivity index (χ1) is 5.22. The Bertz CT molecular complexity index is 265. The summed E-state index contributed by atoms with van der Waals surface area (Å²) in [6.07, 6.45) is 3.94.